The maximum atomic E-state index is 13.1. The third kappa shape index (κ3) is 7.88. The molecule has 4 heterocycles. The van der Waals surface area contributed by atoms with Crippen molar-refractivity contribution in [2.45, 2.75) is 65.6 Å². The second kappa shape index (κ2) is 13.1. The monoisotopic (exact) mass is 594 g/mol. The van der Waals surface area contributed by atoms with Crippen LogP contribution >= 0.6 is 0 Å². The number of methoxy groups -OCH3 is 1. The maximum absolute atomic E-state index is 13.1. The lowest BCUT2D eigenvalue weighted by molar-refractivity contribution is -0.00432. The molecule has 11 nitrogen and oxygen atoms in total. The summed E-state index contributed by atoms with van der Waals surface area (Å²) in [7, 11) is 3.60. The van der Waals surface area contributed by atoms with E-state index in [1.54, 1.807) is 23.1 Å². The first-order valence-electron chi connectivity index (χ1n) is 14.9. The standard InChI is InChI=1S/C32H46N6O5/c1-9-23(2)21-25(24-11-10-14-33-28(24)41-8)27-34-26(12-15-35(27)7)36-17-19-37(20-18-36)29(39)43-32(6)13-16-38(22-32)30(40)42-31(3,4)5/h10-12,14-15,21H,9,13,16-20,22H2,1-8H3/b23-21?,27-25+. The first-order valence-corrected chi connectivity index (χ1v) is 14.9. The Labute approximate surface area is 255 Å². The van der Waals surface area contributed by atoms with Crippen LogP contribution in [-0.2, 0) is 9.47 Å². The molecule has 3 aliphatic heterocycles. The van der Waals surface area contributed by atoms with Crippen LogP contribution in [0.1, 0.15) is 59.9 Å². The minimum Gasteiger partial charge on any atom is -0.481 e. The third-order valence-corrected chi connectivity index (χ3v) is 7.73. The summed E-state index contributed by atoms with van der Waals surface area (Å²) >= 11 is 0. The number of amides is 2. The van der Waals surface area contributed by atoms with Crippen molar-refractivity contribution >= 4 is 23.6 Å². The molecule has 0 spiro atoms. The lowest BCUT2D eigenvalue weighted by Gasteiger charge is -2.38. The minimum atomic E-state index is -0.751. The first kappa shape index (κ1) is 31.9. The van der Waals surface area contributed by atoms with Crippen molar-refractivity contribution in [3.8, 4) is 5.88 Å². The highest BCUT2D eigenvalue weighted by Crippen LogP contribution is 2.32. The number of aliphatic imine (C=N–C) groups is 1. The van der Waals surface area contributed by atoms with E-state index in [1.165, 1.54) is 5.57 Å². The number of allylic oxidation sites excluding steroid dienone is 3. The second-order valence-electron chi connectivity index (χ2n) is 12.5. The Morgan fingerprint density at radius 1 is 1.09 bits per heavy atom. The zero-order valence-electron chi connectivity index (χ0n) is 26.8. The SMILES string of the molecule is CCC(C)=C/C(=C1/N=C(N2CCN(C(=O)OC3(C)CCN(C(=O)OC(C)(C)C)C3)CC2)C=CN1C)c1cccnc1OC. The quantitative estimate of drug-likeness (QED) is 0.463. The topological polar surface area (TPSA) is 100 Å². The molecule has 0 saturated carbocycles. The average molecular weight is 595 g/mol. The minimum absolute atomic E-state index is 0.313. The number of carbonyl (C=O) groups excluding carboxylic acids is 2. The van der Waals surface area contributed by atoms with Gasteiger partial charge in [-0.1, -0.05) is 18.6 Å². The first-order chi connectivity index (χ1) is 20.3. The number of hydrogen-bond acceptors (Lipinski definition) is 9. The summed E-state index contributed by atoms with van der Waals surface area (Å²) in [4.78, 5) is 42.7. The van der Waals surface area contributed by atoms with Gasteiger partial charge in [-0.2, -0.15) is 0 Å². The molecular weight excluding hydrogens is 548 g/mol. The second-order valence-corrected chi connectivity index (χ2v) is 12.5. The van der Waals surface area contributed by atoms with Crippen LogP contribution in [0.3, 0.4) is 0 Å². The Morgan fingerprint density at radius 3 is 2.47 bits per heavy atom. The van der Waals surface area contributed by atoms with Crippen molar-refractivity contribution in [2.24, 2.45) is 4.99 Å². The highest BCUT2D eigenvalue weighted by Gasteiger charge is 2.42. The molecule has 4 rings (SSSR count). The summed E-state index contributed by atoms with van der Waals surface area (Å²) in [6.45, 7) is 14.7. The van der Waals surface area contributed by atoms with Gasteiger partial charge in [0.05, 0.1) is 13.7 Å². The van der Waals surface area contributed by atoms with Crippen LogP contribution in [0.4, 0.5) is 9.59 Å². The lowest BCUT2D eigenvalue weighted by atomic mass is 10.0. The fraction of sp³-hybridized carbons (Fsp3) is 0.562. The Morgan fingerprint density at radius 2 is 1.81 bits per heavy atom. The van der Waals surface area contributed by atoms with Crippen LogP contribution < -0.4 is 4.74 Å². The predicted molar refractivity (Wildman–Crippen MR) is 167 cm³/mol. The lowest BCUT2D eigenvalue weighted by Crippen LogP contribution is -2.52. The van der Waals surface area contributed by atoms with Crippen molar-refractivity contribution in [2.75, 3.05) is 53.4 Å². The van der Waals surface area contributed by atoms with Gasteiger partial charge in [0.1, 0.15) is 22.9 Å². The van der Waals surface area contributed by atoms with Crippen LogP contribution in [-0.4, -0.2) is 107 Å². The molecule has 0 aromatic carbocycles. The molecule has 0 N–H and O–H groups in total. The summed E-state index contributed by atoms with van der Waals surface area (Å²) < 4.78 is 17.0. The number of hydrogen-bond donors (Lipinski definition) is 0. The van der Waals surface area contributed by atoms with E-state index in [1.807, 2.05) is 64.1 Å². The predicted octanol–water partition coefficient (Wildman–Crippen LogP) is 5.13. The molecule has 2 saturated heterocycles. The number of rotatable bonds is 5. The number of amidine groups is 1. The zero-order chi connectivity index (χ0) is 31.4. The Hall–Kier alpha value is -4.02. The molecule has 3 aliphatic rings. The molecule has 0 radical (unpaired) electrons. The molecule has 43 heavy (non-hydrogen) atoms. The van der Waals surface area contributed by atoms with Gasteiger partial charge in [0.25, 0.3) is 0 Å². The van der Waals surface area contributed by atoms with Gasteiger partial charge in [0.15, 0.2) is 0 Å². The molecule has 1 aromatic rings. The number of aromatic nitrogens is 1. The van der Waals surface area contributed by atoms with Crippen molar-refractivity contribution in [1.29, 1.82) is 0 Å². The van der Waals surface area contributed by atoms with Crippen LogP contribution in [0.25, 0.3) is 5.57 Å². The highest BCUT2D eigenvalue weighted by molar-refractivity contribution is 5.96. The van der Waals surface area contributed by atoms with E-state index < -0.39 is 11.2 Å². The Kier molecular flexibility index (Phi) is 9.72. The maximum Gasteiger partial charge on any atom is 0.410 e. The number of ether oxygens (including phenoxy) is 3. The van der Waals surface area contributed by atoms with E-state index in [-0.39, 0.29) is 12.2 Å². The fourth-order valence-electron chi connectivity index (χ4n) is 5.16. The number of piperazine rings is 1. The van der Waals surface area contributed by atoms with E-state index in [4.69, 9.17) is 19.2 Å². The van der Waals surface area contributed by atoms with Gasteiger partial charge < -0.3 is 33.8 Å². The van der Waals surface area contributed by atoms with Crippen LogP contribution in [0.2, 0.25) is 0 Å². The molecule has 1 aromatic heterocycles. The molecule has 234 valence electrons. The van der Waals surface area contributed by atoms with E-state index >= 15 is 0 Å². The Bertz CT molecular complexity index is 1320. The number of nitrogens with zero attached hydrogens (tertiary/aromatic N) is 6. The zero-order valence-corrected chi connectivity index (χ0v) is 26.8. The van der Waals surface area contributed by atoms with Gasteiger partial charge in [-0.3, -0.25) is 0 Å². The number of likely N-dealkylation sites (tertiary alicyclic amines) is 1. The van der Waals surface area contributed by atoms with Gasteiger partial charge in [0.2, 0.25) is 5.88 Å². The van der Waals surface area contributed by atoms with Gasteiger partial charge in [0, 0.05) is 69.7 Å². The molecule has 1 unspecified atom stereocenters. The van der Waals surface area contributed by atoms with E-state index in [9.17, 15) is 9.59 Å². The summed E-state index contributed by atoms with van der Waals surface area (Å²) in [6.07, 6.45) is 8.60. The summed E-state index contributed by atoms with van der Waals surface area (Å²) in [6, 6.07) is 3.90. The molecule has 1 atom stereocenters. The van der Waals surface area contributed by atoms with E-state index in [0.717, 1.165) is 29.2 Å². The summed E-state index contributed by atoms with van der Waals surface area (Å²) in [5, 5.41) is 0. The van der Waals surface area contributed by atoms with Crippen LogP contribution in [0, 0.1) is 0 Å². The molecule has 11 heteroatoms. The highest BCUT2D eigenvalue weighted by atomic mass is 16.6. The molecule has 2 fully saturated rings. The van der Waals surface area contributed by atoms with Crippen LogP contribution in [0.5, 0.6) is 5.88 Å². The van der Waals surface area contributed by atoms with Crippen molar-refractivity contribution in [1.82, 2.24) is 24.6 Å². The van der Waals surface area contributed by atoms with Gasteiger partial charge >= 0.3 is 12.2 Å². The third-order valence-electron chi connectivity index (χ3n) is 7.73. The average Bonchev–Trinajstić information content (AvgIpc) is 3.37. The van der Waals surface area contributed by atoms with E-state index in [2.05, 4.69) is 29.8 Å². The molecule has 0 bridgehead atoms. The van der Waals surface area contributed by atoms with Crippen molar-refractivity contribution < 1.29 is 23.8 Å². The largest absolute Gasteiger partial charge is 0.481 e. The smallest absolute Gasteiger partial charge is 0.410 e. The van der Waals surface area contributed by atoms with Gasteiger partial charge in [-0.25, -0.2) is 19.6 Å². The van der Waals surface area contributed by atoms with Crippen molar-refractivity contribution in [3.05, 3.63) is 53.6 Å². The molecule has 0 aliphatic carbocycles. The number of pyridine rings is 1. The van der Waals surface area contributed by atoms with Gasteiger partial charge in [-0.05, 0) is 59.2 Å². The van der Waals surface area contributed by atoms with Gasteiger partial charge in [-0.15, -0.1) is 0 Å². The summed E-state index contributed by atoms with van der Waals surface area (Å²) in [5.74, 6) is 2.17. The molecule has 2 amide bonds. The fourth-order valence-corrected chi connectivity index (χ4v) is 5.16. The summed E-state index contributed by atoms with van der Waals surface area (Å²) in [5.41, 5.74) is 1.69. The molecular formula is C32H46N6O5. The van der Waals surface area contributed by atoms with E-state index in [0.29, 0.717) is 51.6 Å². The van der Waals surface area contributed by atoms with Crippen molar-refractivity contribution in [3.63, 3.8) is 0 Å². The Balaban J connectivity index is 1.45. The number of carbonyl (C=O) groups is 2. The van der Waals surface area contributed by atoms with Crippen LogP contribution in [0.15, 0.2) is 53.1 Å². The normalized spacial score (nSPS) is 22.4.